The Balaban J connectivity index is 0.000000167. The van der Waals surface area contributed by atoms with E-state index in [1.807, 2.05) is 78.8 Å². The molecule has 4 aliphatic rings. The van der Waals surface area contributed by atoms with Crippen LogP contribution in [0.3, 0.4) is 0 Å². The molecule has 530 valence electrons. The van der Waals surface area contributed by atoms with Gasteiger partial charge in [-0.15, -0.1) is 0 Å². The number of hydrogen-bond donors (Lipinski definition) is 1. The van der Waals surface area contributed by atoms with Gasteiger partial charge in [-0.1, -0.05) is 86.0 Å². The number of anilines is 3. The van der Waals surface area contributed by atoms with E-state index in [0.717, 1.165) is 43.8 Å². The van der Waals surface area contributed by atoms with Gasteiger partial charge in [0, 0.05) is 58.5 Å². The van der Waals surface area contributed by atoms with Gasteiger partial charge in [0.15, 0.2) is 0 Å². The number of hydrogen-bond acceptors (Lipinski definition) is 17. The average Bonchev–Trinajstić information content (AvgIpc) is 0.960. The van der Waals surface area contributed by atoms with Crippen LogP contribution >= 0.6 is 0 Å². The highest BCUT2D eigenvalue weighted by Gasteiger charge is 2.46. The summed E-state index contributed by atoms with van der Waals surface area (Å²) in [7, 11) is -7.61. The molecule has 4 aliphatic heterocycles. The zero-order valence-electron chi connectivity index (χ0n) is 58.6. The van der Waals surface area contributed by atoms with Gasteiger partial charge in [0.25, 0.3) is 29.5 Å². The van der Waals surface area contributed by atoms with Gasteiger partial charge < -0.3 is 26.8 Å². The summed E-state index contributed by atoms with van der Waals surface area (Å²) in [5, 5.41) is 4.99. The third-order valence-corrected chi connectivity index (χ3v) is 21.3. The first-order valence-corrected chi connectivity index (χ1v) is 36.4. The molecule has 3 fully saturated rings. The fourth-order valence-corrected chi connectivity index (χ4v) is 14.6. The number of benzene rings is 8. The molecular formula is C77H77N5O17S3. The van der Waals surface area contributed by atoms with Gasteiger partial charge in [-0.25, -0.2) is 0 Å². The molecule has 102 heavy (non-hydrogen) atoms. The lowest BCUT2D eigenvalue weighted by molar-refractivity contribution is -0.119. The van der Waals surface area contributed by atoms with Gasteiger partial charge in [0.1, 0.15) is 45.1 Å². The Hall–Kier alpha value is -10.9. The van der Waals surface area contributed by atoms with E-state index >= 15 is 0 Å². The smallest absolute Gasteiger partial charge is 0.380 e. The van der Waals surface area contributed by atoms with Crippen LogP contribution in [0.15, 0.2) is 181 Å². The quantitative estimate of drug-likeness (QED) is 0.0341. The van der Waals surface area contributed by atoms with Crippen molar-refractivity contribution in [2.75, 3.05) is 48.3 Å². The lowest BCUT2D eigenvalue weighted by Gasteiger charge is -2.43. The predicted octanol–water partition coefficient (Wildman–Crippen LogP) is 12.5. The highest BCUT2D eigenvalue weighted by Crippen LogP contribution is 2.49. The van der Waals surface area contributed by atoms with Crippen molar-refractivity contribution < 1.29 is 76.0 Å². The standard InChI is InChI=1S/C30H28N2O7S.C27H27NO5S.C20H22N2O5S/c1-17-10-11-21(27-20(4)28(33)32(27)22-14-18(2)19(3)26(16-22)38-5)15-25(17)39-40(36,37)13-12-31-29(34)23-8-6-7-9-24(23)30(31)35;1-16-7-11-23(12-8-16)34(30,31)33-24-14-21(10-9-17(24)2)26-20(5)27(29)28(26)22-13-18(3)19(4)25(15-22)32-6;1-11-6-7-15(9-17(11)27-28(21,24)25)19-14(4)20(23)22(19)16-8-12(2)13(3)18(10-16)26-5/h6-11,14-16,27H,4,12-13H2,1-3,5H3;7-15,26H,5H2,1-4,6H3;6-10,19H,4H2,1-3,5H3,(H2,21,24,25)/t27-;26-;19-/m111/s1. The molecule has 3 atom stereocenters. The monoisotopic (exact) mass is 1440 g/mol. The zero-order valence-corrected chi connectivity index (χ0v) is 61.0. The number of fused-ring (bicyclic) bond motifs is 1. The number of aryl methyl sites for hydroxylation is 7. The molecule has 0 radical (unpaired) electrons. The molecular weight excluding hydrogens is 1360 g/mol. The number of ether oxygens (including phenoxy) is 3. The van der Waals surface area contributed by atoms with Crippen LogP contribution < -0.4 is 46.6 Å². The van der Waals surface area contributed by atoms with Crippen LogP contribution in [0.2, 0.25) is 0 Å². The third kappa shape index (κ3) is 14.6. The third-order valence-electron chi connectivity index (χ3n) is 18.5. The van der Waals surface area contributed by atoms with Crippen LogP contribution in [0.1, 0.15) is 111 Å². The van der Waals surface area contributed by atoms with E-state index in [-0.39, 0.29) is 57.5 Å². The van der Waals surface area contributed by atoms with Crippen LogP contribution in [0.25, 0.3) is 0 Å². The summed E-state index contributed by atoms with van der Waals surface area (Å²) >= 11 is 0. The van der Waals surface area contributed by atoms with Crippen molar-refractivity contribution >= 4 is 77.1 Å². The summed E-state index contributed by atoms with van der Waals surface area (Å²) in [4.78, 5) is 69.2. The van der Waals surface area contributed by atoms with E-state index in [9.17, 15) is 49.2 Å². The Bertz CT molecular complexity index is 5190. The molecule has 4 heterocycles. The van der Waals surface area contributed by atoms with Crippen LogP contribution in [0, 0.1) is 69.2 Å². The molecule has 12 rings (SSSR count). The van der Waals surface area contributed by atoms with Crippen molar-refractivity contribution in [3.63, 3.8) is 0 Å². The van der Waals surface area contributed by atoms with Gasteiger partial charge in [-0.05, 0) is 197 Å². The predicted molar refractivity (Wildman–Crippen MR) is 388 cm³/mol. The summed E-state index contributed by atoms with van der Waals surface area (Å²) in [6, 6.07) is 38.0. The number of carbonyl (C=O) groups excluding carboxylic acids is 5. The van der Waals surface area contributed by atoms with E-state index in [0.29, 0.717) is 84.4 Å². The molecule has 8 aromatic rings. The summed E-state index contributed by atoms with van der Waals surface area (Å²) in [5.41, 5.74) is 14.4. The van der Waals surface area contributed by atoms with Crippen molar-refractivity contribution in [1.82, 2.24) is 4.90 Å². The van der Waals surface area contributed by atoms with E-state index in [1.165, 1.54) is 24.3 Å². The molecule has 22 nitrogen and oxygen atoms in total. The van der Waals surface area contributed by atoms with Crippen LogP contribution in [0.4, 0.5) is 17.1 Å². The largest absolute Gasteiger partial charge is 0.496 e. The van der Waals surface area contributed by atoms with E-state index in [4.69, 9.17) is 31.9 Å². The number of β-lactam (4-membered cyclic amide) rings is 3. The molecule has 0 spiro atoms. The van der Waals surface area contributed by atoms with Crippen molar-refractivity contribution in [1.29, 1.82) is 0 Å². The van der Waals surface area contributed by atoms with Crippen molar-refractivity contribution in [2.24, 2.45) is 5.14 Å². The first kappa shape index (κ1) is 73.8. The summed E-state index contributed by atoms with van der Waals surface area (Å²) in [5.74, 6) is 0.147. The zero-order chi connectivity index (χ0) is 74.5. The summed E-state index contributed by atoms with van der Waals surface area (Å²) in [6.07, 6.45) is 0. The maximum atomic E-state index is 12.9. The van der Waals surface area contributed by atoms with E-state index in [2.05, 4.69) is 19.7 Å². The Labute approximate surface area is 594 Å². The fourth-order valence-electron chi connectivity index (χ4n) is 12.2. The van der Waals surface area contributed by atoms with Gasteiger partial charge >= 0.3 is 30.5 Å². The van der Waals surface area contributed by atoms with E-state index < -0.39 is 66.2 Å². The minimum Gasteiger partial charge on any atom is -0.496 e. The molecule has 25 heteroatoms. The van der Waals surface area contributed by atoms with Crippen LogP contribution in [-0.2, 0) is 44.9 Å². The molecule has 3 saturated heterocycles. The highest BCUT2D eigenvalue weighted by molar-refractivity contribution is 7.87. The second-order valence-corrected chi connectivity index (χ2v) is 29.6. The van der Waals surface area contributed by atoms with Crippen LogP contribution in [-0.4, -0.2) is 93.3 Å². The molecule has 0 unspecified atom stereocenters. The van der Waals surface area contributed by atoms with Gasteiger partial charge in [0.05, 0.1) is 50.6 Å². The second kappa shape index (κ2) is 28.6. The number of nitrogens with two attached hydrogens (primary N) is 1. The first-order chi connectivity index (χ1) is 48.0. The van der Waals surface area contributed by atoms with Crippen molar-refractivity contribution in [2.45, 2.75) is 92.3 Å². The summed E-state index contributed by atoms with van der Waals surface area (Å²) < 4.78 is 106. The number of amides is 5. The molecule has 5 amide bonds. The molecule has 0 saturated carbocycles. The topological polar surface area (TPSA) is 282 Å². The SMILES string of the molecule is C=C1C(=O)N(c2cc(C)c(C)c(OC)c2)[C@H]1c1ccc(C)c(OS(=O)(=O)CCN2C(=O)c3ccccc3C2=O)c1.C=C1C(=O)N(c2cc(C)c(C)c(OC)c2)[C@H]1c1ccc(C)c(OS(=O)(=O)c2ccc(C)cc2)c1.C=C1C(=O)N(c2cc(C)c(C)c(OC)c2)[C@H]1c1ccc(C)c(OS(N)(=O)=O)c1. The Morgan fingerprint density at radius 3 is 1.06 bits per heavy atom. The van der Waals surface area contributed by atoms with Gasteiger partial charge in [-0.3, -0.25) is 43.6 Å². The van der Waals surface area contributed by atoms with Crippen LogP contribution in [0.5, 0.6) is 34.5 Å². The lowest BCUT2D eigenvalue weighted by atomic mass is 9.87. The lowest BCUT2D eigenvalue weighted by Crippen LogP contribution is -2.48. The van der Waals surface area contributed by atoms with Crippen molar-refractivity contribution in [3.8, 4) is 34.5 Å². The molecule has 0 aliphatic carbocycles. The molecule has 8 aromatic carbocycles. The number of nitrogens with zero attached hydrogens (tertiary/aromatic N) is 4. The Morgan fingerprint density at radius 2 is 0.725 bits per heavy atom. The van der Waals surface area contributed by atoms with Gasteiger partial charge in [0.2, 0.25) is 0 Å². The van der Waals surface area contributed by atoms with E-state index in [1.54, 1.807) is 142 Å². The maximum absolute atomic E-state index is 12.9. The minimum atomic E-state index is -4.18. The number of carbonyl (C=O) groups is 5. The maximum Gasteiger partial charge on any atom is 0.380 e. The van der Waals surface area contributed by atoms with Crippen molar-refractivity contribution in [3.05, 3.63) is 259 Å². The highest BCUT2D eigenvalue weighted by atomic mass is 32.2. The average molecular weight is 1440 g/mol. The first-order valence-electron chi connectivity index (χ1n) is 31.9. The number of rotatable bonds is 19. The molecule has 0 aromatic heterocycles. The molecule has 0 bridgehead atoms. The fraction of sp³-hybridized carbons (Fsp3) is 0.234. The number of imide groups is 1. The Kier molecular flexibility index (Phi) is 20.7. The Morgan fingerprint density at radius 1 is 0.392 bits per heavy atom. The normalized spacial score (nSPS) is 16.4. The number of methoxy groups -OCH3 is 3. The van der Waals surface area contributed by atoms with Gasteiger partial charge in [-0.2, -0.15) is 30.4 Å². The minimum absolute atomic E-state index is 0.0787. The summed E-state index contributed by atoms with van der Waals surface area (Å²) in [6.45, 7) is 30.2. The second-order valence-electron chi connectivity index (χ2n) is 25.2. The molecule has 2 N–H and O–H groups in total.